The predicted octanol–water partition coefficient (Wildman–Crippen LogP) is 9.85. The highest BCUT2D eigenvalue weighted by atomic mass is 35.5. The van der Waals surface area contributed by atoms with Crippen LogP contribution < -0.4 is 0 Å². The van der Waals surface area contributed by atoms with E-state index in [0.29, 0.717) is 22.7 Å². The summed E-state index contributed by atoms with van der Waals surface area (Å²) in [6.45, 7) is 0.584. The third-order valence-electron chi connectivity index (χ3n) is 8.53. The van der Waals surface area contributed by atoms with E-state index in [1.807, 2.05) is 95.7 Å². The van der Waals surface area contributed by atoms with Gasteiger partial charge >= 0.3 is 0 Å². The molecule has 0 radical (unpaired) electrons. The number of hydrogen-bond donors (Lipinski definition) is 1. The summed E-state index contributed by atoms with van der Waals surface area (Å²) in [6, 6.07) is 40.4. The highest BCUT2D eigenvalue weighted by Gasteiger charge is 2.15. The van der Waals surface area contributed by atoms with Crippen LogP contribution in [-0.2, 0) is 12.4 Å². The molecule has 13 heteroatoms. The van der Waals surface area contributed by atoms with Crippen LogP contribution in [0.2, 0.25) is 10.3 Å². The molecule has 0 unspecified atom stereocenters. The number of benzene rings is 4. The van der Waals surface area contributed by atoms with Gasteiger partial charge in [0.15, 0.2) is 0 Å². The molecule has 0 bridgehead atoms. The standard InChI is InChI=1S/C20H14ClN5.C14H11ClN2.C6H4ClN3/c21-19-15-10-11-25(20(15)23-13-22-19)12-18-24-16-8-4-5-9-17(16)26(18)14-6-2-1-3-7-14;15-10-14-16-12-8-4-5-9-13(12)17(14)11-6-2-1-3-7-11;7-5-4-1-2-8-6(4)10-3-9-5/h1-11,13H,12H2;1-9H,10H2;1-3H,(H,8,9,10). The smallest absolute Gasteiger partial charge is 0.145 e. The van der Waals surface area contributed by atoms with Crippen molar-refractivity contribution in [3.63, 3.8) is 0 Å². The van der Waals surface area contributed by atoms with E-state index in [9.17, 15) is 0 Å². The summed E-state index contributed by atoms with van der Waals surface area (Å²) in [5, 5.41) is 2.66. The molecule has 0 fully saturated rings. The fourth-order valence-electron chi connectivity index (χ4n) is 6.17. The Kier molecular flexibility index (Phi) is 9.81. The Morgan fingerprint density at radius 2 is 1.09 bits per heavy atom. The van der Waals surface area contributed by atoms with Crippen LogP contribution in [0.25, 0.3) is 55.5 Å². The summed E-state index contributed by atoms with van der Waals surface area (Å²) in [6.07, 6.45) is 6.67. The van der Waals surface area contributed by atoms with Crippen LogP contribution in [0.1, 0.15) is 11.6 Å². The van der Waals surface area contributed by atoms with Crippen LogP contribution in [0.4, 0.5) is 0 Å². The van der Waals surface area contributed by atoms with E-state index >= 15 is 0 Å². The molecular weight excluding hydrogens is 727 g/mol. The fraction of sp³-hybridized carbons (Fsp3) is 0.0500. The van der Waals surface area contributed by atoms with Gasteiger partial charge in [-0.2, -0.15) is 0 Å². The lowest BCUT2D eigenvalue weighted by Gasteiger charge is -2.10. The molecule has 10 rings (SSSR count). The average molecular weight is 756 g/mol. The number of alkyl halides is 1. The summed E-state index contributed by atoms with van der Waals surface area (Å²) in [5.74, 6) is 2.22. The molecule has 1 N–H and O–H groups in total. The number of rotatable bonds is 5. The van der Waals surface area contributed by atoms with Gasteiger partial charge in [0, 0.05) is 23.8 Å². The van der Waals surface area contributed by atoms with Crippen LogP contribution in [0, 0.1) is 0 Å². The van der Waals surface area contributed by atoms with Crippen molar-refractivity contribution in [3.05, 3.63) is 168 Å². The van der Waals surface area contributed by atoms with E-state index in [-0.39, 0.29) is 0 Å². The number of fused-ring (bicyclic) bond motifs is 4. The van der Waals surface area contributed by atoms with Crippen molar-refractivity contribution in [2.75, 3.05) is 0 Å². The van der Waals surface area contributed by atoms with Crippen molar-refractivity contribution < 1.29 is 0 Å². The second-order valence-electron chi connectivity index (χ2n) is 11.8. The predicted molar refractivity (Wildman–Crippen MR) is 212 cm³/mol. The van der Waals surface area contributed by atoms with Crippen molar-refractivity contribution >= 4 is 78.9 Å². The molecule has 260 valence electrons. The first-order valence-corrected chi connectivity index (χ1v) is 17.9. The van der Waals surface area contributed by atoms with Gasteiger partial charge in [0.25, 0.3) is 0 Å². The topological polar surface area (TPSA) is 108 Å². The molecule has 0 spiro atoms. The van der Waals surface area contributed by atoms with E-state index < -0.39 is 0 Å². The Morgan fingerprint density at radius 1 is 0.547 bits per heavy atom. The summed E-state index contributed by atoms with van der Waals surface area (Å²) in [5.41, 5.74) is 7.88. The zero-order valence-corrected chi connectivity index (χ0v) is 30.2. The number of H-pyrrole nitrogens is 1. The second-order valence-corrected chi connectivity index (χ2v) is 12.7. The molecular formula is C40H29Cl3N10. The zero-order valence-electron chi connectivity index (χ0n) is 27.9. The van der Waals surface area contributed by atoms with Gasteiger partial charge in [-0.25, -0.2) is 29.9 Å². The minimum atomic E-state index is 0.406. The monoisotopic (exact) mass is 754 g/mol. The number of aromatic amines is 1. The van der Waals surface area contributed by atoms with E-state index in [0.717, 1.165) is 67.2 Å². The quantitative estimate of drug-likeness (QED) is 0.138. The van der Waals surface area contributed by atoms with Crippen LogP contribution in [0.5, 0.6) is 0 Å². The summed E-state index contributed by atoms with van der Waals surface area (Å²) in [7, 11) is 0. The van der Waals surface area contributed by atoms with E-state index in [1.165, 1.54) is 12.7 Å². The minimum Gasteiger partial charge on any atom is -0.346 e. The number of nitrogens with zero attached hydrogens (tertiary/aromatic N) is 9. The number of hydrogen-bond acceptors (Lipinski definition) is 6. The van der Waals surface area contributed by atoms with Gasteiger partial charge in [0.2, 0.25) is 0 Å². The Balaban J connectivity index is 0.000000126. The molecule has 6 heterocycles. The Morgan fingerprint density at radius 3 is 1.72 bits per heavy atom. The molecule has 4 aromatic carbocycles. The number of aromatic nitrogens is 10. The van der Waals surface area contributed by atoms with Crippen LogP contribution >= 0.6 is 34.8 Å². The number of halogens is 3. The van der Waals surface area contributed by atoms with Gasteiger partial charge in [-0.05, 0) is 60.7 Å². The molecule has 53 heavy (non-hydrogen) atoms. The third kappa shape index (κ3) is 6.95. The van der Waals surface area contributed by atoms with Crippen LogP contribution in [0.15, 0.2) is 146 Å². The molecule has 10 nitrogen and oxygen atoms in total. The van der Waals surface area contributed by atoms with Crippen LogP contribution in [0.3, 0.4) is 0 Å². The van der Waals surface area contributed by atoms with Gasteiger partial charge < -0.3 is 9.55 Å². The van der Waals surface area contributed by atoms with Gasteiger partial charge in [-0.3, -0.25) is 9.13 Å². The van der Waals surface area contributed by atoms with Crippen molar-refractivity contribution in [2.24, 2.45) is 0 Å². The Labute approximate surface area is 318 Å². The molecule has 0 aliphatic heterocycles. The van der Waals surface area contributed by atoms with Gasteiger partial charge in [-0.15, -0.1) is 11.6 Å². The molecule has 6 aromatic heterocycles. The molecule has 0 amide bonds. The van der Waals surface area contributed by atoms with E-state index in [1.54, 1.807) is 6.20 Å². The normalized spacial score (nSPS) is 11.1. The largest absolute Gasteiger partial charge is 0.346 e. The number of para-hydroxylation sites is 6. The minimum absolute atomic E-state index is 0.406. The van der Waals surface area contributed by atoms with Crippen molar-refractivity contribution in [3.8, 4) is 11.4 Å². The highest BCUT2D eigenvalue weighted by molar-refractivity contribution is 6.34. The van der Waals surface area contributed by atoms with Gasteiger partial charge in [0.05, 0.1) is 45.3 Å². The molecule has 0 aliphatic rings. The number of imidazole rings is 2. The first-order valence-electron chi connectivity index (χ1n) is 16.6. The van der Waals surface area contributed by atoms with E-state index in [4.69, 9.17) is 39.8 Å². The molecule has 0 aliphatic carbocycles. The Bertz CT molecular complexity index is 2790. The SMILES string of the molecule is ClCc1nc2ccccc2n1-c1ccccc1.Clc1ncnc2[nH]ccc12.Clc1ncnc2c1ccn2Cc1nc2ccccc2n1-c1ccccc1. The summed E-state index contributed by atoms with van der Waals surface area (Å²) >= 11 is 17.9. The molecule has 0 atom stereocenters. The zero-order chi connectivity index (χ0) is 36.1. The lowest BCUT2D eigenvalue weighted by molar-refractivity contribution is 0.752. The van der Waals surface area contributed by atoms with Gasteiger partial charge in [-0.1, -0.05) is 83.9 Å². The second kappa shape index (κ2) is 15.3. The first-order chi connectivity index (χ1) is 26.1. The maximum Gasteiger partial charge on any atom is 0.145 e. The Hall–Kier alpha value is -6.07. The lowest BCUT2D eigenvalue weighted by Crippen LogP contribution is -2.07. The average Bonchev–Trinajstić information content (AvgIpc) is 4.01. The van der Waals surface area contributed by atoms with Crippen LogP contribution in [-0.4, -0.2) is 48.6 Å². The lowest BCUT2D eigenvalue weighted by atomic mass is 10.3. The summed E-state index contributed by atoms with van der Waals surface area (Å²) < 4.78 is 6.33. The summed E-state index contributed by atoms with van der Waals surface area (Å²) in [4.78, 5) is 28.5. The van der Waals surface area contributed by atoms with Crippen molar-refractivity contribution in [1.82, 2.24) is 48.6 Å². The highest BCUT2D eigenvalue weighted by Crippen LogP contribution is 2.26. The molecule has 0 saturated heterocycles. The van der Waals surface area contributed by atoms with Crippen molar-refractivity contribution in [2.45, 2.75) is 12.4 Å². The van der Waals surface area contributed by atoms with Crippen molar-refractivity contribution in [1.29, 1.82) is 0 Å². The maximum absolute atomic E-state index is 6.18. The maximum atomic E-state index is 6.18. The van der Waals surface area contributed by atoms with E-state index in [2.05, 4.69) is 75.4 Å². The fourth-order valence-corrected chi connectivity index (χ4v) is 6.74. The third-order valence-corrected chi connectivity index (χ3v) is 9.37. The van der Waals surface area contributed by atoms with Gasteiger partial charge in [0.1, 0.15) is 45.9 Å². The number of nitrogens with one attached hydrogen (secondary N) is 1. The molecule has 0 saturated carbocycles. The first kappa shape index (κ1) is 34.0. The molecule has 10 aromatic rings.